The second kappa shape index (κ2) is 4.32. The van der Waals surface area contributed by atoms with E-state index in [0.717, 1.165) is 22.5 Å². The van der Waals surface area contributed by atoms with Gasteiger partial charge in [0.05, 0.1) is 2.74 Å². The molecule has 21 heavy (non-hydrogen) atoms. The summed E-state index contributed by atoms with van der Waals surface area (Å²) in [5.41, 5.74) is 4.28. The quantitative estimate of drug-likeness (QED) is 0.601. The fourth-order valence-corrected chi connectivity index (χ4v) is 3.07. The molecule has 0 N–H and O–H groups in total. The van der Waals surface area contributed by atoms with Crippen molar-refractivity contribution in [1.29, 1.82) is 0 Å². The third kappa shape index (κ3) is 1.62. The molecule has 0 spiro atoms. The molecule has 0 saturated heterocycles. The number of aryl methyl sites for hydroxylation is 1. The summed E-state index contributed by atoms with van der Waals surface area (Å²) in [5, 5.41) is 0. The van der Waals surface area contributed by atoms with Gasteiger partial charge in [-0.15, -0.1) is 0 Å². The van der Waals surface area contributed by atoms with Crippen LogP contribution in [0.15, 0.2) is 48.5 Å². The molecule has 0 radical (unpaired) electrons. The lowest BCUT2D eigenvalue weighted by Gasteiger charge is -2.05. The molecule has 0 aliphatic carbocycles. The molecule has 2 heterocycles. The summed E-state index contributed by atoms with van der Waals surface area (Å²) in [4.78, 5) is 0. The van der Waals surface area contributed by atoms with E-state index in [1.165, 1.54) is 4.57 Å². The molecule has 0 unspecified atom stereocenters. The average Bonchev–Trinajstić information content (AvgIpc) is 3.00. The Morgan fingerprint density at radius 3 is 2.67 bits per heavy atom. The van der Waals surface area contributed by atoms with Gasteiger partial charge in [-0.3, -0.25) is 0 Å². The van der Waals surface area contributed by atoms with Gasteiger partial charge in [-0.2, -0.15) is 4.57 Å². The monoisotopic (exact) mass is 280 g/mol. The van der Waals surface area contributed by atoms with Crippen LogP contribution in [0.4, 0.5) is 0 Å². The number of aromatic nitrogens is 2. The summed E-state index contributed by atoms with van der Waals surface area (Å²) in [7, 11) is 0. The molecule has 1 aromatic heterocycles. The van der Waals surface area contributed by atoms with Crippen LogP contribution in [0.1, 0.15) is 29.5 Å². The summed E-state index contributed by atoms with van der Waals surface area (Å²) in [5.74, 6) is -0.0134. The third-order valence-corrected chi connectivity index (χ3v) is 4.10. The van der Waals surface area contributed by atoms with E-state index in [9.17, 15) is 0 Å². The maximum Gasteiger partial charge on any atom is 0.259 e. The van der Waals surface area contributed by atoms with Crippen LogP contribution < -0.4 is 4.57 Å². The minimum Gasteiger partial charge on any atom is -0.223 e. The van der Waals surface area contributed by atoms with Crippen LogP contribution >= 0.6 is 0 Å². The van der Waals surface area contributed by atoms with Crippen molar-refractivity contribution in [2.24, 2.45) is 0 Å². The van der Waals surface area contributed by atoms with Crippen molar-refractivity contribution in [2.75, 3.05) is 0 Å². The van der Waals surface area contributed by atoms with E-state index in [-0.39, 0.29) is 5.82 Å². The molecule has 104 valence electrons. The highest BCUT2D eigenvalue weighted by molar-refractivity contribution is 5.66. The number of rotatable bonds is 1. The largest absolute Gasteiger partial charge is 0.259 e. The Morgan fingerprint density at radius 1 is 1.10 bits per heavy atom. The van der Waals surface area contributed by atoms with Crippen molar-refractivity contribution in [3.05, 3.63) is 71.2 Å². The van der Waals surface area contributed by atoms with Crippen molar-refractivity contribution in [3.63, 3.8) is 0 Å². The van der Waals surface area contributed by atoms with E-state index in [0.29, 0.717) is 11.3 Å². The van der Waals surface area contributed by atoms with Crippen LogP contribution in [-0.4, -0.2) is 4.57 Å². The van der Waals surface area contributed by atoms with Gasteiger partial charge in [0.1, 0.15) is 12.2 Å². The molecule has 0 bridgehead atoms. The van der Waals surface area contributed by atoms with Crippen molar-refractivity contribution >= 4 is 0 Å². The van der Waals surface area contributed by atoms with Gasteiger partial charge in [0.25, 0.3) is 5.82 Å². The zero-order chi connectivity index (χ0) is 18.9. The maximum absolute atomic E-state index is 8.66. The van der Waals surface area contributed by atoms with E-state index in [2.05, 4.69) is 0 Å². The molecular formula is C19H19N2+. The minimum absolute atomic E-state index is 0.0134. The van der Waals surface area contributed by atoms with E-state index in [1.807, 2.05) is 50.2 Å². The van der Waals surface area contributed by atoms with Crippen molar-refractivity contribution in [2.45, 2.75) is 27.2 Å². The molecule has 4 rings (SSSR count). The Hall–Kier alpha value is -2.35. The standard InChI is InChI=1S/C19H19N2/c1-13-8-4-7-11-18(13)21-14(2)19-17-10-6-5-9-16(17)12-20(19)15(21)3/h4-11H,12H2,1-3H3/q+1/i3D3,12D2. The number of nitrogens with zero attached hydrogens (tertiary/aromatic N) is 2. The van der Waals surface area contributed by atoms with Gasteiger partial charge in [0, 0.05) is 29.0 Å². The summed E-state index contributed by atoms with van der Waals surface area (Å²) in [6.07, 6.45) is 0. The Morgan fingerprint density at radius 2 is 1.86 bits per heavy atom. The normalized spacial score (nSPS) is 18.9. The summed E-state index contributed by atoms with van der Waals surface area (Å²) < 4.78 is 44.7. The van der Waals surface area contributed by atoms with Crippen LogP contribution in [0.2, 0.25) is 0 Å². The van der Waals surface area contributed by atoms with Crippen LogP contribution in [0.5, 0.6) is 0 Å². The minimum atomic E-state index is -2.47. The van der Waals surface area contributed by atoms with Crippen LogP contribution in [0.3, 0.4) is 0 Å². The molecule has 1 aliphatic rings. The number of benzene rings is 2. The van der Waals surface area contributed by atoms with Gasteiger partial charge in [0.15, 0.2) is 11.4 Å². The summed E-state index contributed by atoms with van der Waals surface area (Å²) in [6, 6.07) is 14.8. The number of imidazole rings is 1. The summed E-state index contributed by atoms with van der Waals surface area (Å²) >= 11 is 0. The lowest BCUT2D eigenvalue weighted by atomic mass is 10.1. The van der Waals surface area contributed by atoms with Crippen molar-refractivity contribution in [1.82, 2.24) is 4.57 Å². The molecule has 0 amide bonds. The molecule has 1 aliphatic heterocycles. The van der Waals surface area contributed by atoms with Gasteiger partial charge in [-0.1, -0.05) is 42.5 Å². The fraction of sp³-hybridized carbons (Fsp3) is 0.211. The molecule has 0 atom stereocenters. The summed E-state index contributed by atoms with van der Waals surface area (Å²) in [6.45, 7) is -0.614. The number of hydrogen-bond donors (Lipinski definition) is 0. The van der Waals surface area contributed by atoms with Crippen molar-refractivity contribution in [3.8, 4) is 16.9 Å². The average molecular weight is 280 g/mol. The first-order chi connectivity index (χ1) is 12.2. The predicted octanol–water partition coefficient (Wildman–Crippen LogP) is 3.72. The zero-order valence-corrected chi connectivity index (χ0v) is 12.0. The highest BCUT2D eigenvalue weighted by Crippen LogP contribution is 2.32. The Labute approximate surface area is 132 Å². The lowest BCUT2D eigenvalue weighted by Crippen LogP contribution is -2.34. The third-order valence-electron chi connectivity index (χ3n) is 4.10. The first-order valence-electron chi connectivity index (χ1n) is 9.50. The fourth-order valence-electron chi connectivity index (χ4n) is 3.07. The Bertz CT molecular complexity index is 1030. The van der Waals surface area contributed by atoms with E-state index < -0.39 is 13.3 Å². The van der Waals surface area contributed by atoms with E-state index >= 15 is 0 Å². The highest BCUT2D eigenvalue weighted by atomic mass is 15.2. The first-order valence-corrected chi connectivity index (χ1v) is 7.00. The molecule has 2 aromatic carbocycles. The van der Waals surface area contributed by atoms with Crippen LogP contribution in [0, 0.1) is 20.7 Å². The maximum atomic E-state index is 8.66. The molecule has 2 nitrogen and oxygen atoms in total. The van der Waals surface area contributed by atoms with Gasteiger partial charge >= 0.3 is 0 Å². The van der Waals surface area contributed by atoms with Gasteiger partial charge in [0.2, 0.25) is 0 Å². The zero-order valence-electron chi connectivity index (χ0n) is 17.0. The van der Waals surface area contributed by atoms with E-state index in [1.54, 1.807) is 16.7 Å². The van der Waals surface area contributed by atoms with Crippen LogP contribution in [0.25, 0.3) is 16.9 Å². The molecular weight excluding hydrogens is 256 g/mol. The van der Waals surface area contributed by atoms with E-state index in [4.69, 9.17) is 6.85 Å². The molecule has 0 saturated carbocycles. The number of fused-ring (bicyclic) bond motifs is 3. The Balaban J connectivity index is 2.18. The highest BCUT2D eigenvalue weighted by Gasteiger charge is 2.33. The van der Waals surface area contributed by atoms with Crippen LogP contribution in [-0.2, 0) is 6.50 Å². The van der Waals surface area contributed by atoms with Gasteiger partial charge in [-0.05, 0) is 18.6 Å². The molecule has 3 aromatic rings. The first kappa shape index (κ1) is 8.18. The molecule has 0 fully saturated rings. The Kier molecular flexibility index (Phi) is 1.68. The van der Waals surface area contributed by atoms with Crippen molar-refractivity contribution < 1.29 is 11.4 Å². The second-order valence-corrected chi connectivity index (χ2v) is 5.37. The number of hydrogen-bond acceptors (Lipinski definition) is 0. The predicted molar refractivity (Wildman–Crippen MR) is 84.7 cm³/mol. The SMILES string of the molecule is [2H]C([2H])([2H])c1n(-c2ccccc2C)c(C)c2[n+]1C([2H])([2H])c1ccccc1-2. The van der Waals surface area contributed by atoms with Gasteiger partial charge < -0.3 is 0 Å². The van der Waals surface area contributed by atoms with Gasteiger partial charge in [-0.25, -0.2) is 4.57 Å². The number of para-hydroxylation sites is 1. The molecule has 2 heteroatoms. The lowest BCUT2D eigenvalue weighted by molar-refractivity contribution is -0.678. The topological polar surface area (TPSA) is 8.81 Å². The smallest absolute Gasteiger partial charge is 0.223 e. The second-order valence-electron chi connectivity index (χ2n) is 5.37.